The third kappa shape index (κ3) is 2.49. The summed E-state index contributed by atoms with van der Waals surface area (Å²) >= 11 is 13.7. The molecule has 1 N–H and O–H groups in total. The van der Waals surface area contributed by atoms with Crippen LogP contribution in [0.3, 0.4) is 0 Å². The van der Waals surface area contributed by atoms with Crippen LogP contribution >= 0.6 is 34.5 Å². The van der Waals surface area contributed by atoms with Crippen molar-refractivity contribution in [2.24, 2.45) is 0 Å². The number of rotatable bonds is 3. The summed E-state index contributed by atoms with van der Waals surface area (Å²) in [5, 5.41) is 4.90. The fourth-order valence-corrected chi connectivity index (χ4v) is 3.61. The highest BCUT2D eigenvalue weighted by Crippen LogP contribution is 2.35. The third-order valence-corrected chi connectivity index (χ3v) is 5.00. The highest BCUT2D eigenvalue weighted by atomic mass is 35.5. The molecule has 0 spiro atoms. The summed E-state index contributed by atoms with van der Waals surface area (Å²) in [6.45, 7) is 0.468. The summed E-state index contributed by atoms with van der Waals surface area (Å²) in [7, 11) is 0. The third-order valence-electron chi connectivity index (χ3n) is 2.99. The van der Waals surface area contributed by atoms with Gasteiger partial charge in [0.1, 0.15) is 0 Å². The van der Waals surface area contributed by atoms with Gasteiger partial charge in [-0.25, -0.2) is 4.39 Å². The molecular weight excluding hydrogens is 316 g/mol. The lowest BCUT2D eigenvalue weighted by Crippen LogP contribution is -2.00. The second-order valence-electron chi connectivity index (χ2n) is 4.29. The van der Waals surface area contributed by atoms with Gasteiger partial charge in [0.2, 0.25) is 0 Å². The van der Waals surface area contributed by atoms with Crippen molar-refractivity contribution in [1.82, 2.24) is 0 Å². The van der Waals surface area contributed by atoms with Crippen molar-refractivity contribution in [3.05, 3.63) is 63.2 Å². The maximum absolute atomic E-state index is 13.8. The predicted molar refractivity (Wildman–Crippen MR) is 85.6 cm³/mol. The molecule has 5 heteroatoms. The Morgan fingerprint density at radius 3 is 2.65 bits per heavy atom. The summed E-state index contributed by atoms with van der Waals surface area (Å²) in [6, 6.07) is 12.8. The van der Waals surface area contributed by atoms with Crippen LogP contribution in [0.25, 0.3) is 10.1 Å². The number of halogens is 3. The van der Waals surface area contributed by atoms with E-state index in [9.17, 15) is 4.39 Å². The Bertz CT molecular complexity index is 770. The quantitative estimate of drug-likeness (QED) is 0.626. The molecule has 0 bridgehead atoms. The molecule has 0 saturated carbocycles. The van der Waals surface area contributed by atoms with Gasteiger partial charge in [0.15, 0.2) is 5.82 Å². The second-order valence-corrected chi connectivity index (χ2v) is 6.21. The molecule has 0 saturated heterocycles. The Labute approximate surface area is 129 Å². The molecule has 1 heterocycles. The van der Waals surface area contributed by atoms with Crippen molar-refractivity contribution >= 4 is 50.3 Å². The molecule has 0 amide bonds. The molecule has 3 rings (SSSR count). The van der Waals surface area contributed by atoms with Crippen LogP contribution in [0.5, 0.6) is 0 Å². The van der Waals surface area contributed by atoms with Crippen molar-refractivity contribution in [3.8, 4) is 0 Å². The number of hydrogen-bond acceptors (Lipinski definition) is 2. The van der Waals surface area contributed by atoms with Crippen LogP contribution in [0.4, 0.5) is 10.1 Å². The lowest BCUT2D eigenvalue weighted by atomic mass is 10.2. The first-order valence-electron chi connectivity index (χ1n) is 6.00. The molecule has 0 aliphatic carbocycles. The minimum Gasteiger partial charge on any atom is -0.378 e. The van der Waals surface area contributed by atoms with Gasteiger partial charge >= 0.3 is 0 Å². The average molecular weight is 326 g/mol. The fraction of sp³-hybridized carbons (Fsp3) is 0.0667. The Morgan fingerprint density at radius 2 is 1.85 bits per heavy atom. The van der Waals surface area contributed by atoms with E-state index < -0.39 is 5.82 Å². The Kier molecular flexibility index (Phi) is 3.83. The van der Waals surface area contributed by atoms with Crippen molar-refractivity contribution in [2.75, 3.05) is 5.32 Å². The minimum absolute atomic E-state index is 0.109. The topological polar surface area (TPSA) is 12.0 Å². The SMILES string of the molecule is Fc1c(Cl)cccc1NCc1sc2ccccc2c1Cl. The Balaban J connectivity index is 1.87. The number of fused-ring (bicyclic) bond motifs is 1. The maximum atomic E-state index is 13.8. The van der Waals surface area contributed by atoms with Gasteiger partial charge in [-0.15, -0.1) is 11.3 Å². The first-order valence-corrected chi connectivity index (χ1v) is 7.58. The van der Waals surface area contributed by atoms with E-state index in [4.69, 9.17) is 23.2 Å². The standard InChI is InChI=1S/C15H10Cl2FNS/c16-10-5-3-6-11(15(10)18)19-8-13-14(17)9-4-1-2-7-12(9)20-13/h1-7,19H,8H2. The summed E-state index contributed by atoms with van der Waals surface area (Å²) in [5.74, 6) is -0.439. The van der Waals surface area contributed by atoms with Crippen LogP contribution in [0.15, 0.2) is 42.5 Å². The van der Waals surface area contributed by atoms with Crippen LogP contribution in [0.2, 0.25) is 10.0 Å². The highest BCUT2D eigenvalue weighted by molar-refractivity contribution is 7.19. The van der Waals surface area contributed by atoms with E-state index in [2.05, 4.69) is 5.32 Å². The van der Waals surface area contributed by atoms with Gasteiger partial charge in [-0.1, -0.05) is 47.5 Å². The smallest absolute Gasteiger partial charge is 0.164 e. The summed E-state index contributed by atoms with van der Waals surface area (Å²) in [6.07, 6.45) is 0. The largest absolute Gasteiger partial charge is 0.378 e. The van der Waals surface area contributed by atoms with Gasteiger partial charge in [-0.3, -0.25) is 0 Å². The maximum Gasteiger partial charge on any atom is 0.164 e. The number of anilines is 1. The van der Waals surface area contributed by atoms with E-state index in [1.165, 1.54) is 6.07 Å². The normalized spacial score (nSPS) is 10.9. The van der Waals surface area contributed by atoms with E-state index in [-0.39, 0.29) is 5.02 Å². The van der Waals surface area contributed by atoms with Crippen LogP contribution in [-0.4, -0.2) is 0 Å². The number of thiophene rings is 1. The zero-order chi connectivity index (χ0) is 14.1. The van der Waals surface area contributed by atoms with Gasteiger partial charge in [0.25, 0.3) is 0 Å². The van der Waals surface area contributed by atoms with Gasteiger partial charge in [-0.05, 0) is 18.2 Å². The number of nitrogens with one attached hydrogen (secondary N) is 1. The van der Waals surface area contributed by atoms with Gasteiger partial charge < -0.3 is 5.32 Å². The van der Waals surface area contributed by atoms with Crippen molar-refractivity contribution in [3.63, 3.8) is 0 Å². The molecule has 20 heavy (non-hydrogen) atoms. The molecule has 1 nitrogen and oxygen atoms in total. The summed E-state index contributed by atoms with van der Waals surface area (Å²) in [4.78, 5) is 0.979. The van der Waals surface area contributed by atoms with Crippen LogP contribution in [0.1, 0.15) is 4.88 Å². The molecule has 3 aromatic rings. The molecule has 2 aromatic carbocycles. The predicted octanol–water partition coefficient (Wildman–Crippen LogP) is 5.96. The first kappa shape index (κ1) is 13.7. The van der Waals surface area contributed by atoms with Crippen molar-refractivity contribution in [2.45, 2.75) is 6.54 Å². The zero-order valence-electron chi connectivity index (χ0n) is 10.3. The first-order chi connectivity index (χ1) is 9.66. The summed E-state index contributed by atoms with van der Waals surface area (Å²) < 4.78 is 14.9. The van der Waals surface area contributed by atoms with E-state index in [0.29, 0.717) is 12.2 Å². The minimum atomic E-state index is -0.439. The molecule has 102 valence electrons. The monoisotopic (exact) mass is 325 g/mol. The lowest BCUT2D eigenvalue weighted by Gasteiger charge is -2.07. The van der Waals surface area contributed by atoms with Gasteiger partial charge in [0.05, 0.1) is 22.3 Å². The van der Waals surface area contributed by atoms with E-state index in [0.717, 1.165) is 20.0 Å². The van der Waals surface area contributed by atoms with E-state index >= 15 is 0 Å². The van der Waals surface area contributed by atoms with Gasteiger partial charge in [-0.2, -0.15) is 0 Å². The van der Waals surface area contributed by atoms with Crippen molar-refractivity contribution in [1.29, 1.82) is 0 Å². The highest BCUT2D eigenvalue weighted by Gasteiger charge is 2.11. The van der Waals surface area contributed by atoms with E-state index in [1.807, 2.05) is 24.3 Å². The fourth-order valence-electron chi connectivity index (χ4n) is 1.99. The van der Waals surface area contributed by atoms with Crippen LogP contribution in [-0.2, 0) is 6.54 Å². The molecule has 1 aromatic heterocycles. The molecule has 0 fully saturated rings. The van der Waals surface area contributed by atoms with Crippen molar-refractivity contribution < 1.29 is 4.39 Å². The number of hydrogen-bond donors (Lipinski definition) is 1. The van der Waals surface area contributed by atoms with E-state index in [1.54, 1.807) is 23.5 Å². The number of benzene rings is 2. The average Bonchev–Trinajstić information content (AvgIpc) is 2.78. The zero-order valence-corrected chi connectivity index (χ0v) is 12.6. The Hall–Kier alpha value is -1.29. The van der Waals surface area contributed by atoms with Crippen LogP contribution < -0.4 is 5.32 Å². The molecule has 0 unspecified atom stereocenters. The van der Waals surface area contributed by atoms with Crippen LogP contribution in [0, 0.1) is 5.82 Å². The molecule has 0 radical (unpaired) electrons. The molecular formula is C15H10Cl2FNS. The second kappa shape index (κ2) is 5.60. The molecule has 0 atom stereocenters. The Morgan fingerprint density at radius 1 is 1.05 bits per heavy atom. The lowest BCUT2D eigenvalue weighted by molar-refractivity contribution is 0.630. The van der Waals surface area contributed by atoms with Gasteiger partial charge in [0, 0.05) is 15.0 Å². The molecule has 0 aliphatic heterocycles. The summed E-state index contributed by atoms with van der Waals surface area (Å²) in [5.41, 5.74) is 0.381. The molecule has 0 aliphatic rings.